The van der Waals surface area contributed by atoms with E-state index in [4.69, 9.17) is 0 Å². The van der Waals surface area contributed by atoms with E-state index < -0.39 is 12.3 Å². The lowest BCUT2D eigenvalue weighted by molar-refractivity contribution is -0.274. The molecule has 0 fully saturated rings. The molecule has 0 unspecified atom stereocenters. The number of ether oxygens (including phenoxy) is 2. The zero-order valence-electron chi connectivity index (χ0n) is 11.3. The summed E-state index contributed by atoms with van der Waals surface area (Å²) in [6.45, 7) is 0. The predicted octanol–water partition coefficient (Wildman–Crippen LogP) is 4.80. The first-order valence-electron chi connectivity index (χ1n) is 6.04. The minimum absolute atomic E-state index is 0.304. The molecule has 116 valence electrons. The fourth-order valence-corrected chi connectivity index (χ4v) is 2.23. The lowest BCUT2D eigenvalue weighted by Gasteiger charge is -2.10. The highest BCUT2D eigenvalue weighted by molar-refractivity contribution is 9.10. The van der Waals surface area contributed by atoms with Gasteiger partial charge in [0, 0.05) is 4.47 Å². The third kappa shape index (κ3) is 4.00. The molecule has 0 aliphatic rings. The molecule has 0 saturated carbocycles. The van der Waals surface area contributed by atoms with Crippen LogP contribution in [0.15, 0.2) is 46.9 Å². The molecule has 2 aromatic rings. The molecular formula is C15H10BrF3O3. The Kier molecular flexibility index (Phi) is 4.75. The topological polar surface area (TPSA) is 35.5 Å². The van der Waals surface area contributed by atoms with E-state index in [-0.39, 0.29) is 5.75 Å². The third-order valence-corrected chi connectivity index (χ3v) is 3.48. The Hall–Kier alpha value is -2.02. The second kappa shape index (κ2) is 6.39. The maximum Gasteiger partial charge on any atom is 0.573 e. The summed E-state index contributed by atoms with van der Waals surface area (Å²) in [5.41, 5.74) is 1.64. The van der Waals surface area contributed by atoms with E-state index in [1.54, 1.807) is 18.2 Å². The van der Waals surface area contributed by atoms with Crippen LogP contribution in [0.5, 0.6) is 5.75 Å². The van der Waals surface area contributed by atoms with Gasteiger partial charge in [-0.05, 0) is 51.3 Å². The first-order valence-corrected chi connectivity index (χ1v) is 6.83. The molecule has 0 N–H and O–H groups in total. The van der Waals surface area contributed by atoms with Gasteiger partial charge in [0.25, 0.3) is 0 Å². The van der Waals surface area contributed by atoms with Crippen molar-refractivity contribution in [2.75, 3.05) is 7.11 Å². The standard InChI is InChI=1S/C15H10BrF3O3/c1-21-14(20)12-8-10(4-7-13(12)16)9-2-5-11(6-3-9)22-15(17,18)19/h2-8H,1H3. The number of alkyl halides is 3. The maximum absolute atomic E-state index is 12.1. The number of esters is 1. The van der Waals surface area contributed by atoms with E-state index in [1.807, 2.05) is 0 Å². The predicted molar refractivity (Wildman–Crippen MR) is 77.6 cm³/mol. The van der Waals surface area contributed by atoms with Crippen LogP contribution in [0.1, 0.15) is 10.4 Å². The van der Waals surface area contributed by atoms with Crippen LogP contribution in [0.2, 0.25) is 0 Å². The Bertz CT molecular complexity index is 681. The van der Waals surface area contributed by atoms with Crippen molar-refractivity contribution in [2.45, 2.75) is 6.36 Å². The van der Waals surface area contributed by atoms with Gasteiger partial charge in [-0.2, -0.15) is 0 Å². The SMILES string of the molecule is COC(=O)c1cc(-c2ccc(OC(F)(F)F)cc2)ccc1Br. The van der Waals surface area contributed by atoms with Crippen molar-refractivity contribution in [3.63, 3.8) is 0 Å². The molecule has 2 rings (SSSR count). The van der Waals surface area contributed by atoms with Crippen LogP contribution in [0.4, 0.5) is 13.2 Å². The van der Waals surface area contributed by atoms with Crippen LogP contribution >= 0.6 is 15.9 Å². The lowest BCUT2D eigenvalue weighted by Crippen LogP contribution is -2.16. The molecule has 22 heavy (non-hydrogen) atoms. The van der Waals surface area contributed by atoms with Crippen molar-refractivity contribution in [3.05, 3.63) is 52.5 Å². The summed E-state index contributed by atoms with van der Waals surface area (Å²) in [5, 5.41) is 0. The quantitative estimate of drug-likeness (QED) is 0.723. The summed E-state index contributed by atoms with van der Waals surface area (Å²) >= 11 is 3.24. The Morgan fingerprint density at radius 2 is 1.64 bits per heavy atom. The monoisotopic (exact) mass is 374 g/mol. The summed E-state index contributed by atoms with van der Waals surface area (Å²) in [4.78, 5) is 11.6. The van der Waals surface area contributed by atoms with Crippen LogP contribution in [0.3, 0.4) is 0 Å². The minimum Gasteiger partial charge on any atom is -0.465 e. The van der Waals surface area contributed by atoms with Gasteiger partial charge in [-0.15, -0.1) is 13.2 Å². The molecule has 0 aromatic heterocycles. The molecular weight excluding hydrogens is 365 g/mol. The minimum atomic E-state index is -4.73. The van der Waals surface area contributed by atoms with Gasteiger partial charge < -0.3 is 9.47 Å². The summed E-state index contributed by atoms with van der Waals surface area (Å²) in [6.07, 6.45) is -4.73. The normalized spacial score (nSPS) is 11.1. The summed E-state index contributed by atoms with van der Waals surface area (Å²) in [7, 11) is 1.27. The van der Waals surface area contributed by atoms with E-state index in [0.717, 1.165) is 0 Å². The van der Waals surface area contributed by atoms with Crippen molar-refractivity contribution >= 4 is 21.9 Å². The second-order valence-corrected chi connectivity index (χ2v) is 5.11. The average Bonchev–Trinajstić information content (AvgIpc) is 2.46. The van der Waals surface area contributed by atoms with Gasteiger partial charge in [0.05, 0.1) is 12.7 Å². The Morgan fingerprint density at radius 1 is 1.05 bits per heavy atom. The molecule has 0 radical (unpaired) electrons. The largest absolute Gasteiger partial charge is 0.573 e. The van der Waals surface area contributed by atoms with Crippen LogP contribution in [-0.4, -0.2) is 19.4 Å². The van der Waals surface area contributed by atoms with E-state index >= 15 is 0 Å². The van der Waals surface area contributed by atoms with Gasteiger partial charge in [0.15, 0.2) is 0 Å². The number of rotatable bonds is 3. The van der Waals surface area contributed by atoms with Gasteiger partial charge in [0.1, 0.15) is 5.75 Å². The fourth-order valence-electron chi connectivity index (χ4n) is 1.82. The van der Waals surface area contributed by atoms with E-state index in [0.29, 0.717) is 21.2 Å². The molecule has 0 bridgehead atoms. The Labute approximate surface area is 132 Å². The zero-order valence-corrected chi connectivity index (χ0v) is 12.9. The molecule has 2 aromatic carbocycles. The zero-order chi connectivity index (χ0) is 16.3. The van der Waals surface area contributed by atoms with Crippen LogP contribution < -0.4 is 4.74 Å². The van der Waals surface area contributed by atoms with E-state index in [2.05, 4.69) is 25.4 Å². The van der Waals surface area contributed by atoms with Crippen molar-refractivity contribution in [1.82, 2.24) is 0 Å². The van der Waals surface area contributed by atoms with Gasteiger partial charge in [-0.3, -0.25) is 0 Å². The molecule has 7 heteroatoms. The van der Waals surface area contributed by atoms with Crippen LogP contribution in [0.25, 0.3) is 11.1 Å². The van der Waals surface area contributed by atoms with Crippen molar-refractivity contribution < 1.29 is 27.4 Å². The van der Waals surface area contributed by atoms with E-state index in [9.17, 15) is 18.0 Å². The average molecular weight is 375 g/mol. The number of methoxy groups -OCH3 is 1. The first kappa shape index (κ1) is 16.4. The second-order valence-electron chi connectivity index (χ2n) is 4.26. The van der Waals surface area contributed by atoms with Gasteiger partial charge in [-0.1, -0.05) is 18.2 Å². The summed E-state index contributed by atoms with van der Waals surface area (Å²) < 4.78 is 45.4. The van der Waals surface area contributed by atoms with Crippen LogP contribution in [0, 0.1) is 0 Å². The molecule has 0 saturated heterocycles. The lowest BCUT2D eigenvalue weighted by atomic mass is 10.0. The highest BCUT2D eigenvalue weighted by atomic mass is 79.9. The molecule has 3 nitrogen and oxygen atoms in total. The van der Waals surface area contributed by atoms with Crippen molar-refractivity contribution in [2.24, 2.45) is 0 Å². The molecule has 0 heterocycles. The number of carbonyl (C=O) groups is 1. The third-order valence-electron chi connectivity index (χ3n) is 2.79. The molecule has 0 aliphatic heterocycles. The number of halogens is 4. The van der Waals surface area contributed by atoms with Crippen molar-refractivity contribution in [1.29, 1.82) is 0 Å². The number of hydrogen-bond acceptors (Lipinski definition) is 3. The molecule has 0 spiro atoms. The van der Waals surface area contributed by atoms with Gasteiger partial charge in [-0.25, -0.2) is 4.79 Å². The first-order chi connectivity index (χ1) is 10.3. The number of hydrogen-bond donors (Lipinski definition) is 0. The Morgan fingerprint density at radius 3 is 2.18 bits per heavy atom. The summed E-state index contributed by atoms with van der Waals surface area (Å²) in [6, 6.07) is 10.4. The van der Waals surface area contributed by atoms with Gasteiger partial charge in [0.2, 0.25) is 0 Å². The number of carbonyl (C=O) groups excluding carboxylic acids is 1. The number of benzene rings is 2. The highest BCUT2D eigenvalue weighted by Crippen LogP contribution is 2.29. The Balaban J connectivity index is 2.31. The van der Waals surface area contributed by atoms with Gasteiger partial charge >= 0.3 is 12.3 Å². The fraction of sp³-hybridized carbons (Fsp3) is 0.133. The van der Waals surface area contributed by atoms with Crippen molar-refractivity contribution in [3.8, 4) is 16.9 Å². The highest BCUT2D eigenvalue weighted by Gasteiger charge is 2.30. The smallest absolute Gasteiger partial charge is 0.465 e. The van der Waals surface area contributed by atoms with Crippen LogP contribution in [-0.2, 0) is 4.74 Å². The van der Waals surface area contributed by atoms with E-state index in [1.165, 1.54) is 31.4 Å². The summed E-state index contributed by atoms with van der Waals surface area (Å²) in [5.74, 6) is -0.813. The molecule has 0 atom stereocenters. The molecule has 0 amide bonds. The maximum atomic E-state index is 12.1. The molecule has 0 aliphatic carbocycles.